The van der Waals surface area contributed by atoms with Crippen molar-refractivity contribution in [3.05, 3.63) is 48.0 Å². The fourth-order valence-corrected chi connectivity index (χ4v) is 5.10. The zero-order valence-electron chi connectivity index (χ0n) is 21.6. The normalized spacial score (nSPS) is 17.7. The molecule has 2 aromatic rings. The monoisotopic (exact) mass is 520 g/mol. The van der Waals surface area contributed by atoms with Gasteiger partial charge in [0.25, 0.3) is 0 Å². The number of anilines is 2. The number of nitrogens with zero attached hydrogens (tertiary/aromatic N) is 3. The van der Waals surface area contributed by atoms with Crippen molar-refractivity contribution in [2.75, 3.05) is 56.6 Å². The van der Waals surface area contributed by atoms with E-state index < -0.39 is 6.36 Å². The number of urea groups is 1. The SMILES string of the molecule is COc1cccc(N2CCN(C(C)C)CC2)c1NC(=O)N1CCC(c2ccc(OC(F)(F)F)cc2)CC1. The number of halogens is 3. The topological polar surface area (TPSA) is 57.3 Å². The summed E-state index contributed by atoms with van der Waals surface area (Å²) in [6.07, 6.45) is -3.25. The summed E-state index contributed by atoms with van der Waals surface area (Å²) in [5.41, 5.74) is 2.57. The number of para-hydroxylation sites is 1. The van der Waals surface area contributed by atoms with E-state index in [-0.39, 0.29) is 17.7 Å². The summed E-state index contributed by atoms with van der Waals surface area (Å²) in [4.78, 5) is 19.8. The highest BCUT2D eigenvalue weighted by molar-refractivity contribution is 5.95. The lowest BCUT2D eigenvalue weighted by Gasteiger charge is -2.39. The van der Waals surface area contributed by atoms with E-state index in [1.807, 2.05) is 18.2 Å². The van der Waals surface area contributed by atoms with Gasteiger partial charge in [0.05, 0.1) is 12.8 Å². The number of piperazine rings is 1. The van der Waals surface area contributed by atoms with E-state index in [1.54, 1.807) is 24.1 Å². The number of hydrogen-bond donors (Lipinski definition) is 1. The van der Waals surface area contributed by atoms with Crippen molar-refractivity contribution in [1.82, 2.24) is 9.80 Å². The minimum atomic E-state index is -4.70. The molecule has 2 saturated heterocycles. The second-order valence-electron chi connectivity index (χ2n) is 9.78. The maximum absolute atomic E-state index is 13.2. The third kappa shape index (κ3) is 6.80. The van der Waals surface area contributed by atoms with Crippen LogP contribution in [0, 0.1) is 0 Å². The summed E-state index contributed by atoms with van der Waals surface area (Å²) in [5.74, 6) is 0.558. The number of hydrogen-bond acceptors (Lipinski definition) is 5. The molecule has 0 unspecified atom stereocenters. The number of piperidine rings is 1. The molecule has 0 aliphatic carbocycles. The molecule has 2 amide bonds. The van der Waals surface area contributed by atoms with Crippen LogP contribution in [0.3, 0.4) is 0 Å². The summed E-state index contributed by atoms with van der Waals surface area (Å²) in [7, 11) is 1.60. The van der Waals surface area contributed by atoms with E-state index in [1.165, 1.54) is 12.1 Å². The Hall–Kier alpha value is -3.14. The molecule has 1 N–H and O–H groups in total. The third-order valence-corrected chi connectivity index (χ3v) is 7.21. The Bertz CT molecular complexity index is 1050. The van der Waals surface area contributed by atoms with E-state index in [0.717, 1.165) is 50.3 Å². The van der Waals surface area contributed by atoms with E-state index in [0.29, 0.717) is 30.6 Å². The molecule has 37 heavy (non-hydrogen) atoms. The van der Waals surface area contributed by atoms with E-state index in [4.69, 9.17) is 4.74 Å². The number of likely N-dealkylation sites (tertiary alicyclic amines) is 1. The average Bonchev–Trinajstić information content (AvgIpc) is 2.88. The zero-order chi connectivity index (χ0) is 26.6. The quantitative estimate of drug-likeness (QED) is 0.543. The minimum Gasteiger partial charge on any atom is -0.494 e. The van der Waals surface area contributed by atoms with Crippen molar-refractivity contribution in [3.8, 4) is 11.5 Å². The number of carbonyl (C=O) groups excluding carboxylic acids is 1. The Labute approximate surface area is 216 Å². The van der Waals surface area contributed by atoms with Gasteiger partial charge in [-0.3, -0.25) is 4.90 Å². The lowest BCUT2D eigenvalue weighted by atomic mass is 9.89. The van der Waals surface area contributed by atoms with Gasteiger partial charge in [-0.1, -0.05) is 18.2 Å². The van der Waals surface area contributed by atoms with Crippen molar-refractivity contribution in [3.63, 3.8) is 0 Å². The number of carbonyl (C=O) groups is 1. The highest BCUT2D eigenvalue weighted by Gasteiger charge is 2.31. The second kappa shape index (κ2) is 11.5. The molecule has 2 aliphatic heterocycles. The van der Waals surface area contributed by atoms with E-state index >= 15 is 0 Å². The molecule has 0 spiro atoms. The van der Waals surface area contributed by atoms with Crippen LogP contribution in [0.1, 0.15) is 38.2 Å². The number of rotatable bonds is 6. The molecular weight excluding hydrogens is 485 g/mol. The Morgan fingerprint density at radius 3 is 2.19 bits per heavy atom. The van der Waals surface area contributed by atoms with Crippen LogP contribution >= 0.6 is 0 Å². The van der Waals surface area contributed by atoms with Crippen molar-refractivity contribution >= 4 is 17.4 Å². The first-order valence-electron chi connectivity index (χ1n) is 12.7. The number of ether oxygens (including phenoxy) is 2. The van der Waals surface area contributed by atoms with Crippen LogP contribution in [0.15, 0.2) is 42.5 Å². The molecule has 202 valence electrons. The lowest BCUT2D eigenvalue weighted by molar-refractivity contribution is -0.274. The molecule has 7 nitrogen and oxygen atoms in total. The van der Waals surface area contributed by atoms with Gasteiger partial charge in [0, 0.05) is 45.3 Å². The highest BCUT2D eigenvalue weighted by Crippen LogP contribution is 2.37. The Kier molecular flexibility index (Phi) is 8.36. The maximum Gasteiger partial charge on any atom is 0.573 e. The Morgan fingerprint density at radius 2 is 1.62 bits per heavy atom. The van der Waals surface area contributed by atoms with Gasteiger partial charge in [-0.05, 0) is 62.4 Å². The van der Waals surface area contributed by atoms with Crippen LogP contribution in [-0.4, -0.2) is 74.6 Å². The first-order valence-corrected chi connectivity index (χ1v) is 12.7. The molecule has 0 aromatic heterocycles. The lowest BCUT2D eigenvalue weighted by Crippen LogP contribution is -2.49. The van der Waals surface area contributed by atoms with Gasteiger partial charge in [0.1, 0.15) is 17.2 Å². The van der Waals surface area contributed by atoms with Crippen molar-refractivity contribution in [1.29, 1.82) is 0 Å². The van der Waals surface area contributed by atoms with Gasteiger partial charge in [-0.2, -0.15) is 0 Å². The fourth-order valence-electron chi connectivity index (χ4n) is 5.10. The number of nitrogens with one attached hydrogen (secondary N) is 1. The number of methoxy groups -OCH3 is 1. The molecule has 4 rings (SSSR count). The molecular formula is C27H35F3N4O3. The second-order valence-corrected chi connectivity index (χ2v) is 9.78. The molecule has 2 aromatic carbocycles. The van der Waals surface area contributed by atoms with E-state index in [9.17, 15) is 18.0 Å². The molecule has 0 bridgehead atoms. The molecule has 2 fully saturated rings. The van der Waals surface area contributed by atoms with Crippen LogP contribution in [0.25, 0.3) is 0 Å². The van der Waals surface area contributed by atoms with Crippen LogP contribution < -0.4 is 19.7 Å². The highest BCUT2D eigenvalue weighted by atomic mass is 19.4. The third-order valence-electron chi connectivity index (χ3n) is 7.21. The zero-order valence-corrected chi connectivity index (χ0v) is 21.6. The van der Waals surface area contributed by atoms with Crippen LogP contribution in [0.2, 0.25) is 0 Å². The summed E-state index contributed by atoms with van der Waals surface area (Å²) < 4.78 is 46.8. The van der Waals surface area contributed by atoms with Crippen LogP contribution in [0.5, 0.6) is 11.5 Å². The first kappa shape index (κ1) is 26.9. The van der Waals surface area contributed by atoms with Gasteiger partial charge < -0.3 is 24.6 Å². The van der Waals surface area contributed by atoms with Crippen molar-refractivity contribution in [2.45, 2.75) is 45.0 Å². The summed E-state index contributed by atoms with van der Waals surface area (Å²) in [5, 5.41) is 3.10. The summed E-state index contributed by atoms with van der Waals surface area (Å²) in [6, 6.07) is 12.1. The fraction of sp³-hybridized carbons (Fsp3) is 0.519. The molecule has 0 atom stereocenters. The molecule has 2 heterocycles. The summed E-state index contributed by atoms with van der Waals surface area (Å²) in [6.45, 7) is 9.15. The Balaban J connectivity index is 1.37. The van der Waals surface area contributed by atoms with Gasteiger partial charge >= 0.3 is 12.4 Å². The smallest absolute Gasteiger partial charge is 0.494 e. The standard InChI is InChI=1S/C27H35F3N4O3/c1-19(2)32-15-17-33(18-16-32)23-5-4-6-24(36-3)25(23)31-26(35)34-13-11-21(12-14-34)20-7-9-22(10-8-20)37-27(28,29)30/h4-10,19,21H,11-18H2,1-3H3,(H,31,35). The molecule has 10 heteroatoms. The van der Waals surface area contributed by atoms with Gasteiger partial charge in [0.2, 0.25) is 0 Å². The van der Waals surface area contributed by atoms with Gasteiger partial charge in [0.15, 0.2) is 0 Å². The Morgan fingerprint density at radius 1 is 0.973 bits per heavy atom. The van der Waals surface area contributed by atoms with Crippen molar-refractivity contribution < 1.29 is 27.4 Å². The average molecular weight is 521 g/mol. The van der Waals surface area contributed by atoms with Crippen LogP contribution in [0.4, 0.5) is 29.3 Å². The van der Waals surface area contributed by atoms with Crippen LogP contribution in [-0.2, 0) is 0 Å². The molecule has 0 saturated carbocycles. The van der Waals surface area contributed by atoms with Gasteiger partial charge in [-0.15, -0.1) is 13.2 Å². The number of benzene rings is 2. The molecule has 2 aliphatic rings. The maximum atomic E-state index is 13.2. The minimum absolute atomic E-state index is 0.170. The largest absolute Gasteiger partial charge is 0.573 e. The van der Waals surface area contributed by atoms with E-state index in [2.05, 4.69) is 33.7 Å². The predicted octanol–water partition coefficient (Wildman–Crippen LogP) is 5.54. The predicted molar refractivity (Wildman–Crippen MR) is 138 cm³/mol. The van der Waals surface area contributed by atoms with Crippen molar-refractivity contribution in [2.24, 2.45) is 0 Å². The molecule has 0 radical (unpaired) electrons. The van der Waals surface area contributed by atoms with Gasteiger partial charge in [-0.25, -0.2) is 4.79 Å². The number of amides is 2. The summed E-state index contributed by atoms with van der Waals surface area (Å²) >= 11 is 0. The first-order chi connectivity index (χ1) is 17.6. The number of alkyl halides is 3.